The van der Waals surface area contributed by atoms with Crippen molar-refractivity contribution in [2.45, 2.75) is 25.4 Å². The molecule has 2 unspecified atom stereocenters. The molecule has 0 aromatic carbocycles. The molecule has 1 aliphatic heterocycles. The third-order valence-electron chi connectivity index (χ3n) is 4.67. The van der Waals surface area contributed by atoms with Gasteiger partial charge in [0.1, 0.15) is 0 Å². The fourth-order valence-corrected chi connectivity index (χ4v) is 3.85. The van der Waals surface area contributed by atoms with E-state index in [2.05, 4.69) is 15.4 Å². The SMILES string of the molecule is NC(=O)C1CN(CCCCCNC(=O)c2cc(-c3cccs3)on2)CC1O. The molecular formula is C18H24N4O4S. The zero-order chi connectivity index (χ0) is 19.2. The summed E-state index contributed by atoms with van der Waals surface area (Å²) in [4.78, 5) is 26.3. The number of unbranched alkanes of at least 4 members (excludes halogenated alkanes) is 2. The van der Waals surface area contributed by atoms with Crippen LogP contribution in [0.1, 0.15) is 29.8 Å². The summed E-state index contributed by atoms with van der Waals surface area (Å²) in [7, 11) is 0. The molecule has 2 aromatic rings. The average Bonchev–Trinajstić information content (AvgIpc) is 3.37. The Bertz CT molecular complexity index is 761. The van der Waals surface area contributed by atoms with Gasteiger partial charge < -0.3 is 20.7 Å². The first-order valence-corrected chi connectivity index (χ1v) is 9.91. The quantitative estimate of drug-likeness (QED) is 0.549. The maximum atomic E-state index is 12.1. The molecule has 0 radical (unpaired) electrons. The predicted octanol–water partition coefficient (Wildman–Crippen LogP) is 1.08. The highest BCUT2D eigenvalue weighted by molar-refractivity contribution is 7.13. The maximum Gasteiger partial charge on any atom is 0.273 e. The van der Waals surface area contributed by atoms with Crippen molar-refractivity contribution in [2.75, 3.05) is 26.2 Å². The lowest BCUT2D eigenvalue weighted by Crippen LogP contribution is -2.32. The molecule has 3 heterocycles. The lowest BCUT2D eigenvalue weighted by atomic mass is 10.1. The van der Waals surface area contributed by atoms with Crippen molar-refractivity contribution in [3.8, 4) is 10.6 Å². The lowest BCUT2D eigenvalue weighted by molar-refractivity contribution is -0.123. The highest BCUT2D eigenvalue weighted by Crippen LogP contribution is 2.25. The van der Waals surface area contributed by atoms with Gasteiger partial charge in [0.15, 0.2) is 11.5 Å². The van der Waals surface area contributed by atoms with E-state index >= 15 is 0 Å². The molecule has 0 aliphatic carbocycles. The second-order valence-corrected chi connectivity index (χ2v) is 7.65. The second-order valence-electron chi connectivity index (χ2n) is 6.71. The van der Waals surface area contributed by atoms with E-state index in [0.717, 1.165) is 30.7 Å². The van der Waals surface area contributed by atoms with Crippen LogP contribution in [0.25, 0.3) is 10.6 Å². The molecular weight excluding hydrogens is 368 g/mol. The number of carbonyl (C=O) groups excluding carboxylic acids is 2. The van der Waals surface area contributed by atoms with E-state index in [0.29, 0.717) is 25.4 Å². The van der Waals surface area contributed by atoms with Crippen LogP contribution in [0.5, 0.6) is 0 Å². The van der Waals surface area contributed by atoms with E-state index in [9.17, 15) is 14.7 Å². The Morgan fingerprint density at radius 1 is 1.37 bits per heavy atom. The van der Waals surface area contributed by atoms with Crippen LogP contribution < -0.4 is 11.1 Å². The number of β-amino-alcohol motifs (C(OH)–C–C–N with tert-alkyl or cyclic N) is 1. The summed E-state index contributed by atoms with van der Waals surface area (Å²) in [6, 6.07) is 5.48. The summed E-state index contributed by atoms with van der Waals surface area (Å²) in [5.41, 5.74) is 5.55. The predicted molar refractivity (Wildman–Crippen MR) is 101 cm³/mol. The first-order chi connectivity index (χ1) is 13.0. The minimum atomic E-state index is -0.664. The molecule has 2 atom stereocenters. The van der Waals surface area contributed by atoms with Crippen molar-refractivity contribution < 1.29 is 19.2 Å². The van der Waals surface area contributed by atoms with Gasteiger partial charge in [0, 0.05) is 25.7 Å². The molecule has 2 amide bonds. The third kappa shape index (κ3) is 5.15. The number of hydrogen-bond acceptors (Lipinski definition) is 7. The molecule has 1 saturated heterocycles. The monoisotopic (exact) mass is 392 g/mol. The number of likely N-dealkylation sites (tertiary alicyclic amines) is 1. The van der Waals surface area contributed by atoms with Crippen LogP contribution in [0.15, 0.2) is 28.1 Å². The van der Waals surface area contributed by atoms with Gasteiger partial charge in [-0.25, -0.2) is 0 Å². The van der Waals surface area contributed by atoms with Gasteiger partial charge in [0.25, 0.3) is 5.91 Å². The number of thiophene rings is 1. The van der Waals surface area contributed by atoms with Crippen LogP contribution in [0.4, 0.5) is 0 Å². The molecule has 2 aromatic heterocycles. The number of aromatic nitrogens is 1. The number of carbonyl (C=O) groups is 2. The minimum Gasteiger partial charge on any atom is -0.391 e. The Hall–Kier alpha value is -2.23. The van der Waals surface area contributed by atoms with Gasteiger partial charge in [0.05, 0.1) is 16.9 Å². The highest BCUT2D eigenvalue weighted by atomic mass is 32.1. The number of hydrogen-bond donors (Lipinski definition) is 3. The molecule has 1 fully saturated rings. The van der Waals surface area contributed by atoms with E-state index in [1.807, 2.05) is 17.5 Å². The zero-order valence-electron chi connectivity index (χ0n) is 15.0. The Kier molecular flexibility index (Phi) is 6.59. The molecule has 1 aliphatic rings. The minimum absolute atomic E-state index is 0.242. The Morgan fingerprint density at radius 3 is 2.93 bits per heavy atom. The van der Waals surface area contributed by atoms with Crippen molar-refractivity contribution >= 4 is 23.2 Å². The summed E-state index contributed by atoms with van der Waals surface area (Å²) in [6.45, 7) is 2.38. The van der Waals surface area contributed by atoms with Crippen molar-refractivity contribution in [3.05, 3.63) is 29.3 Å². The number of aliphatic hydroxyl groups is 1. The van der Waals surface area contributed by atoms with Crippen LogP contribution in [-0.2, 0) is 4.79 Å². The summed E-state index contributed by atoms with van der Waals surface area (Å²) in [5, 5.41) is 18.4. The van der Waals surface area contributed by atoms with Crippen molar-refractivity contribution in [3.63, 3.8) is 0 Å². The van der Waals surface area contributed by atoms with Gasteiger partial charge in [-0.15, -0.1) is 11.3 Å². The van der Waals surface area contributed by atoms with E-state index in [1.54, 1.807) is 6.07 Å². The number of amides is 2. The van der Waals surface area contributed by atoms with Crippen molar-refractivity contribution in [1.29, 1.82) is 0 Å². The normalized spacial score (nSPS) is 20.0. The Morgan fingerprint density at radius 2 is 2.22 bits per heavy atom. The highest BCUT2D eigenvalue weighted by Gasteiger charge is 2.34. The maximum absolute atomic E-state index is 12.1. The number of nitrogens with two attached hydrogens (primary N) is 1. The van der Waals surface area contributed by atoms with Crippen molar-refractivity contribution in [1.82, 2.24) is 15.4 Å². The molecule has 0 saturated carbocycles. The van der Waals surface area contributed by atoms with Crippen LogP contribution in [-0.4, -0.2) is 59.3 Å². The van der Waals surface area contributed by atoms with Gasteiger partial charge in [-0.3, -0.25) is 14.5 Å². The van der Waals surface area contributed by atoms with Gasteiger partial charge in [-0.1, -0.05) is 17.6 Å². The van der Waals surface area contributed by atoms with E-state index in [-0.39, 0.29) is 11.6 Å². The number of nitrogens with one attached hydrogen (secondary N) is 1. The first-order valence-electron chi connectivity index (χ1n) is 9.03. The zero-order valence-corrected chi connectivity index (χ0v) is 15.8. The van der Waals surface area contributed by atoms with Gasteiger partial charge in [0.2, 0.25) is 5.91 Å². The Labute approximate surface area is 161 Å². The number of primary amides is 1. The van der Waals surface area contributed by atoms with Gasteiger partial charge in [-0.2, -0.15) is 0 Å². The van der Waals surface area contributed by atoms with Crippen LogP contribution in [0.2, 0.25) is 0 Å². The molecule has 27 heavy (non-hydrogen) atoms. The number of aliphatic hydroxyl groups excluding tert-OH is 1. The smallest absolute Gasteiger partial charge is 0.273 e. The summed E-state index contributed by atoms with van der Waals surface area (Å²) >= 11 is 1.53. The van der Waals surface area contributed by atoms with Crippen LogP contribution in [0.3, 0.4) is 0 Å². The van der Waals surface area contributed by atoms with E-state index in [1.165, 1.54) is 11.3 Å². The molecule has 0 bridgehead atoms. The van der Waals surface area contributed by atoms with Gasteiger partial charge in [-0.05, 0) is 30.8 Å². The van der Waals surface area contributed by atoms with Gasteiger partial charge >= 0.3 is 0 Å². The summed E-state index contributed by atoms with van der Waals surface area (Å²) < 4.78 is 5.21. The van der Waals surface area contributed by atoms with Crippen LogP contribution in [0, 0.1) is 5.92 Å². The molecule has 0 spiro atoms. The van der Waals surface area contributed by atoms with E-state index in [4.69, 9.17) is 10.3 Å². The second kappa shape index (κ2) is 9.12. The lowest BCUT2D eigenvalue weighted by Gasteiger charge is -2.14. The standard InChI is InChI=1S/C18H24N4O4S/c19-17(24)12-10-22(11-14(12)23)7-3-1-2-6-20-18(25)13-9-15(26-21-13)16-5-4-8-27-16/h4-5,8-9,12,14,23H,1-3,6-7,10-11H2,(H2,19,24)(H,20,25). The molecule has 9 heteroatoms. The Balaban J connectivity index is 1.30. The molecule has 8 nitrogen and oxygen atoms in total. The average molecular weight is 392 g/mol. The number of rotatable bonds is 9. The summed E-state index contributed by atoms with van der Waals surface area (Å²) in [6.07, 6.45) is 2.05. The fourth-order valence-electron chi connectivity index (χ4n) is 3.18. The topological polar surface area (TPSA) is 122 Å². The number of nitrogens with zero attached hydrogens (tertiary/aromatic N) is 2. The van der Waals surface area contributed by atoms with E-state index < -0.39 is 17.9 Å². The largest absolute Gasteiger partial charge is 0.391 e. The first kappa shape index (κ1) is 19.5. The van der Waals surface area contributed by atoms with Crippen molar-refractivity contribution in [2.24, 2.45) is 11.7 Å². The summed E-state index contributed by atoms with van der Waals surface area (Å²) in [5.74, 6) is -0.556. The molecule has 4 N–H and O–H groups in total. The third-order valence-corrected chi connectivity index (χ3v) is 5.56. The molecule has 3 rings (SSSR count). The molecule has 146 valence electrons. The van der Waals surface area contributed by atoms with Crippen LogP contribution >= 0.6 is 11.3 Å². The fraction of sp³-hybridized carbons (Fsp3) is 0.500.